The predicted molar refractivity (Wildman–Crippen MR) is 116 cm³/mol. The third-order valence-electron chi connectivity index (χ3n) is 4.04. The summed E-state index contributed by atoms with van der Waals surface area (Å²) in [5.74, 6) is -0.810. The van der Waals surface area contributed by atoms with Crippen LogP contribution in [0.5, 0.6) is 0 Å². The summed E-state index contributed by atoms with van der Waals surface area (Å²) < 4.78 is 4.89. The first-order valence-electron chi connectivity index (χ1n) is 9.38. The number of ether oxygens (including phenoxy) is 1. The first-order chi connectivity index (χ1) is 14.5. The van der Waals surface area contributed by atoms with Crippen LogP contribution in [0.2, 0.25) is 0 Å². The van der Waals surface area contributed by atoms with Gasteiger partial charge in [0.15, 0.2) is 5.13 Å². The monoisotopic (exact) mass is 423 g/mol. The molecule has 1 aromatic heterocycles. The van der Waals surface area contributed by atoms with E-state index in [0.29, 0.717) is 28.7 Å². The summed E-state index contributed by atoms with van der Waals surface area (Å²) in [6.45, 7) is 2.06. The van der Waals surface area contributed by atoms with Crippen LogP contribution in [0.4, 0.5) is 10.8 Å². The average molecular weight is 423 g/mol. The number of esters is 1. The van der Waals surface area contributed by atoms with Gasteiger partial charge in [-0.2, -0.15) is 0 Å². The van der Waals surface area contributed by atoms with Gasteiger partial charge in [0.05, 0.1) is 25.1 Å². The molecule has 2 amide bonds. The van der Waals surface area contributed by atoms with Crippen LogP contribution < -0.4 is 10.6 Å². The van der Waals surface area contributed by atoms with Crippen molar-refractivity contribution in [2.45, 2.75) is 19.8 Å². The van der Waals surface area contributed by atoms with Crippen molar-refractivity contribution in [2.75, 3.05) is 17.2 Å². The van der Waals surface area contributed by atoms with E-state index in [0.717, 1.165) is 5.56 Å². The molecule has 7 nitrogen and oxygen atoms in total. The van der Waals surface area contributed by atoms with Gasteiger partial charge in [0.25, 0.3) is 5.91 Å². The lowest BCUT2D eigenvalue weighted by atomic mass is 10.1. The standard InChI is InChI=1S/C22H21N3O4S/c1-2-29-20(27)13-18-14-30-22(24-18)25-21(28)16-8-10-17(11-9-16)23-19(26)12-15-6-4-3-5-7-15/h3-11,14H,2,12-13H2,1H3,(H,23,26)(H,24,25,28). The van der Waals surface area contributed by atoms with Crippen molar-refractivity contribution < 1.29 is 19.1 Å². The Hall–Kier alpha value is -3.52. The molecular weight excluding hydrogens is 402 g/mol. The molecule has 0 spiro atoms. The Bertz CT molecular complexity index is 1020. The number of rotatable bonds is 8. The minimum atomic E-state index is -0.356. The lowest BCUT2D eigenvalue weighted by Gasteiger charge is -2.07. The number of carbonyl (C=O) groups is 3. The van der Waals surface area contributed by atoms with Crippen molar-refractivity contribution in [1.29, 1.82) is 0 Å². The molecule has 0 saturated heterocycles. The quantitative estimate of drug-likeness (QED) is 0.539. The van der Waals surface area contributed by atoms with Crippen LogP contribution >= 0.6 is 11.3 Å². The number of amides is 2. The van der Waals surface area contributed by atoms with Crippen molar-refractivity contribution in [1.82, 2.24) is 4.98 Å². The molecule has 0 aliphatic carbocycles. The Labute approximate surface area is 178 Å². The molecule has 0 aliphatic rings. The third kappa shape index (κ3) is 6.25. The summed E-state index contributed by atoms with van der Waals surface area (Å²) in [4.78, 5) is 40.3. The number of carbonyl (C=O) groups excluding carboxylic acids is 3. The second-order valence-corrected chi connectivity index (χ2v) is 7.23. The van der Waals surface area contributed by atoms with E-state index in [1.54, 1.807) is 36.6 Å². The molecule has 30 heavy (non-hydrogen) atoms. The van der Waals surface area contributed by atoms with Crippen molar-refractivity contribution in [3.8, 4) is 0 Å². The van der Waals surface area contributed by atoms with E-state index in [4.69, 9.17) is 4.74 Å². The van der Waals surface area contributed by atoms with E-state index in [1.807, 2.05) is 30.3 Å². The number of thiazole rings is 1. The molecule has 154 valence electrons. The number of benzene rings is 2. The zero-order chi connectivity index (χ0) is 21.3. The number of hydrogen-bond donors (Lipinski definition) is 2. The molecule has 2 N–H and O–H groups in total. The van der Waals surface area contributed by atoms with Crippen LogP contribution in [0.25, 0.3) is 0 Å². The molecule has 1 heterocycles. The van der Waals surface area contributed by atoms with E-state index in [9.17, 15) is 14.4 Å². The van der Waals surface area contributed by atoms with Gasteiger partial charge < -0.3 is 10.1 Å². The lowest BCUT2D eigenvalue weighted by molar-refractivity contribution is -0.142. The van der Waals surface area contributed by atoms with Crippen molar-refractivity contribution in [3.63, 3.8) is 0 Å². The van der Waals surface area contributed by atoms with Gasteiger partial charge in [0.1, 0.15) is 0 Å². The van der Waals surface area contributed by atoms with Gasteiger partial charge in [-0.05, 0) is 36.8 Å². The van der Waals surface area contributed by atoms with Gasteiger partial charge >= 0.3 is 5.97 Å². The molecule has 0 aliphatic heterocycles. The van der Waals surface area contributed by atoms with Gasteiger partial charge in [-0.1, -0.05) is 30.3 Å². The number of aromatic nitrogens is 1. The molecule has 0 atom stereocenters. The molecule has 0 unspecified atom stereocenters. The molecule has 2 aromatic carbocycles. The van der Waals surface area contributed by atoms with E-state index >= 15 is 0 Å². The normalized spacial score (nSPS) is 10.3. The second kappa shape index (κ2) is 10.3. The highest BCUT2D eigenvalue weighted by Gasteiger charge is 2.12. The summed E-state index contributed by atoms with van der Waals surface area (Å²) >= 11 is 1.24. The number of hydrogen-bond acceptors (Lipinski definition) is 6. The maximum Gasteiger partial charge on any atom is 0.311 e. The fraction of sp³-hybridized carbons (Fsp3) is 0.182. The maximum absolute atomic E-state index is 12.4. The summed E-state index contributed by atoms with van der Waals surface area (Å²) in [6, 6.07) is 16.1. The Morgan fingerprint density at radius 3 is 2.40 bits per heavy atom. The van der Waals surface area contributed by atoms with Gasteiger partial charge in [-0.3, -0.25) is 19.7 Å². The lowest BCUT2D eigenvalue weighted by Crippen LogP contribution is -2.15. The van der Waals surface area contributed by atoms with Crippen molar-refractivity contribution in [2.24, 2.45) is 0 Å². The molecule has 0 bridgehead atoms. The Morgan fingerprint density at radius 2 is 1.70 bits per heavy atom. The fourth-order valence-electron chi connectivity index (χ4n) is 2.67. The highest BCUT2D eigenvalue weighted by molar-refractivity contribution is 7.14. The van der Waals surface area contributed by atoms with Crippen molar-refractivity contribution in [3.05, 3.63) is 76.8 Å². The second-order valence-electron chi connectivity index (χ2n) is 6.37. The largest absolute Gasteiger partial charge is 0.466 e. The van der Waals surface area contributed by atoms with Crippen LogP contribution in [0, 0.1) is 0 Å². The number of nitrogens with zero attached hydrogens (tertiary/aromatic N) is 1. The molecule has 0 saturated carbocycles. The summed E-state index contributed by atoms with van der Waals surface area (Å²) in [6.07, 6.45) is 0.346. The highest BCUT2D eigenvalue weighted by atomic mass is 32.1. The topological polar surface area (TPSA) is 97.4 Å². The van der Waals surface area contributed by atoms with Gasteiger partial charge in [-0.25, -0.2) is 4.98 Å². The molecular formula is C22H21N3O4S. The molecule has 3 rings (SSSR count). The van der Waals surface area contributed by atoms with Gasteiger partial charge in [0, 0.05) is 16.6 Å². The van der Waals surface area contributed by atoms with E-state index in [2.05, 4.69) is 15.6 Å². The summed E-state index contributed by atoms with van der Waals surface area (Å²) in [5.41, 5.74) is 2.51. The van der Waals surface area contributed by atoms with E-state index in [-0.39, 0.29) is 30.6 Å². The van der Waals surface area contributed by atoms with Crippen LogP contribution in [0.15, 0.2) is 60.0 Å². The van der Waals surface area contributed by atoms with Crippen LogP contribution in [0.1, 0.15) is 28.5 Å². The minimum Gasteiger partial charge on any atom is -0.466 e. The van der Waals surface area contributed by atoms with Gasteiger partial charge in [0.2, 0.25) is 5.91 Å². The SMILES string of the molecule is CCOC(=O)Cc1csc(NC(=O)c2ccc(NC(=O)Cc3ccccc3)cc2)n1. The first kappa shape index (κ1) is 21.2. The third-order valence-corrected chi connectivity index (χ3v) is 4.85. The molecule has 0 fully saturated rings. The fourth-order valence-corrected chi connectivity index (χ4v) is 3.37. The highest BCUT2D eigenvalue weighted by Crippen LogP contribution is 2.18. The molecule has 8 heteroatoms. The maximum atomic E-state index is 12.4. The average Bonchev–Trinajstić information content (AvgIpc) is 3.16. The zero-order valence-electron chi connectivity index (χ0n) is 16.4. The Morgan fingerprint density at radius 1 is 0.967 bits per heavy atom. The summed E-state index contributed by atoms with van der Waals surface area (Å²) in [5, 5.41) is 7.63. The van der Waals surface area contributed by atoms with Crippen LogP contribution in [-0.2, 0) is 27.2 Å². The smallest absolute Gasteiger partial charge is 0.311 e. The van der Waals surface area contributed by atoms with Crippen LogP contribution in [0.3, 0.4) is 0 Å². The zero-order valence-corrected chi connectivity index (χ0v) is 17.2. The Kier molecular flexibility index (Phi) is 7.29. The Balaban J connectivity index is 1.53. The van der Waals surface area contributed by atoms with Crippen LogP contribution in [-0.4, -0.2) is 29.4 Å². The minimum absolute atomic E-state index is 0.0671. The predicted octanol–water partition coefficient (Wildman–Crippen LogP) is 3.68. The number of nitrogens with one attached hydrogen (secondary N) is 2. The number of anilines is 2. The van der Waals surface area contributed by atoms with E-state index < -0.39 is 0 Å². The first-order valence-corrected chi connectivity index (χ1v) is 10.3. The van der Waals surface area contributed by atoms with Gasteiger partial charge in [-0.15, -0.1) is 11.3 Å². The van der Waals surface area contributed by atoms with E-state index in [1.165, 1.54) is 11.3 Å². The molecule has 0 radical (unpaired) electrons. The van der Waals surface area contributed by atoms with Crippen molar-refractivity contribution >= 4 is 39.9 Å². The summed E-state index contributed by atoms with van der Waals surface area (Å²) in [7, 11) is 0. The molecule has 3 aromatic rings.